The predicted octanol–water partition coefficient (Wildman–Crippen LogP) is 2.61. The van der Waals surface area contributed by atoms with E-state index < -0.39 is 0 Å². The highest BCUT2D eigenvalue weighted by atomic mass is 16.5. The zero-order valence-electron chi connectivity index (χ0n) is 21.7. The van der Waals surface area contributed by atoms with Crippen LogP contribution < -0.4 is 0 Å². The van der Waals surface area contributed by atoms with Gasteiger partial charge in [0.2, 0.25) is 5.91 Å². The average Bonchev–Trinajstić information content (AvgIpc) is 3.61. The lowest BCUT2D eigenvalue weighted by molar-refractivity contribution is -0.136. The summed E-state index contributed by atoms with van der Waals surface area (Å²) in [4.78, 5) is 39.5. The molecule has 2 N–H and O–H groups in total. The van der Waals surface area contributed by atoms with Crippen LogP contribution in [0.1, 0.15) is 30.5 Å². The topological polar surface area (TPSA) is 125 Å². The molecule has 10 nitrogen and oxygen atoms in total. The Morgan fingerprint density at radius 3 is 2.34 bits per heavy atom. The number of carbonyl (C=O) groups excluding carboxylic acids is 1. The van der Waals surface area contributed by atoms with E-state index in [9.17, 15) is 4.79 Å². The summed E-state index contributed by atoms with van der Waals surface area (Å²) in [6, 6.07) is 16.8. The number of benzene rings is 1. The van der Waals surface area contributed by atoms with E-state index in [0.29, 0.717) is 5.91 Å². The first-order chi connectivity index (χ1) is 18.5. The fourth-order valence-corrected chi connectivity index (χ4v) is 5.44. The number of imidazole rings is 1. The molecule has 2 saturated heterocycles. The van der Waals surface area contributed by atoms with Crippen molar-refractivity contribution in [2.75, 3.05) is 46.4 Å². The fourth-order valence-electron chi connectivity index (χ4n) is 5.44. The Kier molecular flexibility index (Phi) is 10.8. The highest BCUT2D eigenvalue weighted by Gasteiger charge is 2.42. The number of carboxylic acid groups (broad SMARTS) is 2. The lowest BCUT2D eigenvalue weighted by Gasteiger charge is -2.42. The first-order valence-electron chi connectivity index (χ1n) is 12.7. The molecule has 1 unspecified atom stereocenters. The van der Waals surface area contributed by atoms with E-state index in [1.807, 2.05) is 12.1 Å². The summed E-state index contributed by atoms with van der Waals surface area (Å²) in [5.41, 5.74) is 3.21. The summed E-state index contributed by atoms with van der Waals surface area (Å²) < 4.78 is 7.30. The van der Waals surface area contributed by atoms with Gasteiger partial charge in [-0.15, -0.1) is 0 Å². The van der Waals surface area contributed by atoms with Crippen LogP contribution in [0.2, 0.25) is 0 Å². The zero-order chi connectivity index (χ0) is 27.4. The molecule has 2 aliphatic rings. The van der Waals surface area contributed by atoms with E-state index >= 15 is 0 Å². The lowest BCUT2D eigenvalue weighted by atomic mass is 9.70. The van der Waals surface area contributed by atoms with Crippen LogP contribution in [-0.4, -0.2) is 94.7 Å². The second-order valence-electron chi connectivity index (χ2n) is 9.36. The SMILES string of the molecule is COCCN1CCC(C(=O)N2CCC(c3ccccc3)(c3cn4ccccc4n3)CC2)C1.O=CO.O=CO. The van der Waals surface area contributed by atoms with Gasteiger partial charge >= 0.3 is 0 Å². The number of rotatable bonds is 6. The fraction of sp³-hybridized carbons (Fsp3) is 0.429. The standard InChI is InChI=1S/C26H32N4O2.2CH2O2/c1-32-18-17-28-14-10-21(19-28)25(31)29-15-11-26(12-16-29,22-7-3-2-4-8-22)23-20-30-13-6-5-9-24(30)27-23;2*2-1-3/h2-9,13,20-21H,10-12,14-19H2,1H3;2*1H,(H,2,3). The highest BCUT2D eigenvalue weighted by Crippen LogP contribution is 2.41. The van der Waals surface area contributed by atoms with Crippen molar-refractivity contribution < 1.29 is 29.3 Å². The van der Waals surface area contributed by atoms with Gasteiger partial charge in [0.25, 0.3) is 12.9 Å². The molecule has 2 fully saturated rings. The van der Waals surface area contributed by atoms with Gasteiger partial charge in [-0.05, 0) is 43.5 Å². The van der Waals surface area contributed by atoms with Gasteiger partial charge in [0.1, 0.15) is 5.65 Å². The van der Waals surface area contributed by atoms with Crippen LogP contribution in [0, 0.1) is 5.92 Å². The summed E-state index contributed by atoms with van der Waals surface area (Å²) >= 11 is 0. The van der Waals surface area contributed by atoms with Gasteiger partial charge in [-0.2, -0.15) is 0 Å². The van der Waals surface area contributed by atoms with Crippen molar-refractivity contribution in [2.45, 2.75) is 24.7 Å². The van der Waals surface area contributed by atoms with Crippen LogP contribution in [0.3, 0.4) is 0 Å². The number of ether oxygens (including phenoxy) is 1. The molecule has 5 rings (SSSR count). The predicted molar refractivity (Wildman–Crippen MR) is 142 cm³/mol. The number of carbonyl (C=O) groups is 3. The molecule has 10 heteroatoms. The summed E-state index contributed by atoms with van der Waals surface area (Å²) in [6.45, 7) is 4.53. The summed E-state index contributed by atoms with van der Waals surface area (Å²) in [6.07, 6.45) is 6.97. The monoisotopic (exact) mass is 524 g/mol. The van der Waals surface area contributed by atoms with Gasteiger partial charge in [-0.1, -0.05) is 36.4 Å². The molecule has 38 heavy (non-hydrogen) atoms. The van der Waals surface area contributed by atoms with Gasteiger partial charge in [-0.3, -0.25) is 14.4 Å². The Labute approximate surface area is 222 Å². The molecule has 0 bridgehead atoms. The maximum absolute atomic E-state index is 13.3. The van der Waals surface area contributed by atoms with Gasteiger partial charge in [0.15, 0.2) is 0 Å². The van der Waals surface area contributed by atoms with Gasteiger partial charge in [-0.25, -0.2) is 4.98 Å². The van der Waals surface area contributed by atoms with Crippen molar-refractivity contribution in [1.82, 2.24) is 19.2 Å². The number of pyridine rings is 1. The first kappa shape index (κ1) is 28.8. The van der Waals surface area contributed by atoms with E-state index in [0.717, 1.165) is 69.9 Å². The van der Waals surface area contributed by atoms with Gasteiger partial charge < -0.3 is 29.2 Å². The van der Waals surface area contributed by atoms with Crippen molar-refractivity contribution in [3.8, 4) is 0 Å². The summed E-state index contributed by atoms with van der Waals surface area (Å²) in [7, 11) is 1.73. The minimum Gasteiger partial charge on any atom is -0.483 e. The maximum atomic E-state index is 13.3. The van der Waals surface area contributed by atoms with Crippen molar-refractivity contribution in [3.63, 3.8) is 0 Å². The number of aromatic nitrogens is 2. The van der Waals surface area contributed by atoms with Crippen molar-refractivity contribution in [1.29, 1.82) is 0 Å². The third-order valence-electron chi connectivity index (χ3n) is 7.34. The third-order valence-corrected chi connectivity index (χ3v) is 7.34. The van der Waals surface area contributed by atoms with E-state index in [4.69, 9.17) is 29.5 Å². The molecule has 0 spiro atoms. The molecule has 0 saturated carbocycles. The number of methoxy groups -OCH3 is 1. The molecule has 2 aliphatic heterocycles. The van der Waals surface area contributed by atoms with E-state index in [2.05, 4.69) is 63.0 Å². The second-order valence-corrected chi connectivity index (χ2v) is 9.36. The highest BCUT2D eigenvalue weighted by molar-refractivity contribution is 5.79. The van der Waals surface area contributed by atoms with Crippen LogP contribution >= 0.6 is 0 Å². The maximum Gasteiger partial charge on any atom is 0.290 e. The second kappa shape index (κ2) is 14.3. The molecule has 0 aliphatic carbocycles. The quantitative estimate of drug-likeness (QED) is 0.472. The number of hydrogen-bond acceptors (Lipinski definition) is 6. The molecule has 0 radical (unpaired) electrons. The van der Waals surface area contributed by atoms with Crippen LogP contribution in [-0.2, 0) is 24.5 Å². The minimum absolute atomic E-state index is 0.117. The summed E-state index contributed by atoms with van der Waals surface area (Å²) in [5.74, 6) is 0.438. The van der Waals surface area contributed by atoms with Gasteiger partial charge in [0.05, 0.1) is 18.2 Å². The lowest BCUT2D eigenvalue weighted by Crippen LogP contribution is -2.48. The Morgan fingerprint density at radius 1 is 1.05 bits per heavy atom. The molecule has 1 amide bonds. The third kappa shape index (κ3) is 6.76. The van der Waals surface area contributed by atoms with Crippen molar-refractivity contribution in [2.24, 2.45) is 5.92 Å². The number of hydrogen-bond donors (Lipinski definition) is 2. The Morgan fingerprint density at radius 2 is 1.71 bits per heavy atom. The Hall–Kier alpha value is -3.76. The molecular weight excluding hydrogens is 488 g/mol. The molecule has 1 atom stereocenters. The summed E-state index contributed by atoms with van der Waals surface area (Å²) in [5, 5.41) is 13.8. The van der Waals surface area contributed by atoms with Crippen LogP contribution in [0.25, 0.3) is 5.65 Å². The molecule has 2 aromatic heterocycles. The smallest absolute Gasteiger partial charge is 0.290 e. The van der Waals surface area contributed by atoms with Crippen LogP contribution in [0.4, 0.5) is 0 Å². The van der Waals surface area contributed by atoms with Crippen LogP contribution in [0.5, 0.6) is 0 Å². The number of fused-ring (bicyclic) bond motifs is 1. The first-order valence-corrected chi connectivity index (χ1v) is 12.7. The normalized spacial score (nSPS) is 18.6. The zero-order valence-corrected chi connectivity index (χ0v) is 21.7. The molecular formula is C28H36N4O6. The largest absolute Gasteiger partial charge is 0.483 e. The number of amides is 1. The van der Waals surface area contributed by atoms with Crippen molar-refractivity contribution in [3.05, 3.63) is 72.2 Å². The van der Waals surface area contributed by atoms with Crippen LogP contribution in [0.15, 0.2) is 60.9 Å². The number of nitrogens with zero attached hydrogens (tertiary/aromatic N) is 4. The van der Waals surface area contributed by atoms with Crippen molar-refractivity contribution >= 4 is 24.5 Å². The van der Waals surface area contributed by atoms with E-state index in [1.165, 1.54) is 5.56 Å². The van der Waals surface area contributed by atoms with E-state index in [-0.39, 0.29) is 24.3 Å². The van der Waals surface area contributed by atoms with Gasteiger partial charge in [0, 0.05) is 51.1 Å². The molecule has 3 aromatic rings. The van der Waals surface area contributed by atoms with E-state index in [1.54, 1.807) is 7.11 Å². The molecule has 204 valence electrons. The molecule has 4 heterocycles. The number of piperidine rings is 1. The Bertz CT molecular complexity index is 1120. The molecule has 1 aromatic carbocycles. The Balaban J connectivity index is 0.000000611. The average molecular weight is 525 g/mol. The number of likely N-dealkylation sites (tertiary alicyclic amines) is 2. The minimum atomic E-state index is -0.250.